The minimum atomic E-state index is -0.166. The number of nitrogens with one attached hydrogen (secondary N) is 1. The van der Waals surface area contributed by atoms with Crippen LogP contribution in [0.15, 0.2) is 32.7 Å². The van der Waals surface area contributed by atoms with Crippen LogP contribution in [0, 0.1) is 0 Å². The molecular formula is C15H17BrN2O2S. The maximum absolute atomic E-state index is 12.0. The third kappa shape index (κ3) is 3.39. The van der Waals surface area contributed by atoms with E-state index in [1.807, 2.05) is 11.3 Å². The van der Waals surface area contributed by atoms with Gasteiger partial charge in [0.25, 0.3) is 5.91 Å². The second-order valence-corrected chi connectivity index (χ2v) is 7.03. The van der Waals surface area contributed by atoms with Gasteiger partial charge in [0.05, 0.1) is 0 Å². The third-order valence-electron chi connectivity index (χ3n) is 3.82. The van der Waals surface area contributed by atoms with Crippen LogP contribution in [0.4, 0.5) is 0 Å². The molecule has 2 aromatic rings. The number of carbonyl (C=O) groups excluding carboxylic acids is 1. The average molecular weight is 369 g/mol. The summed E-state index contributed by atoms with van der Waals surface area (Å²) in [7, 11) is 0. The minimum absolute atomic E-state index is 0.166. The Balaban J connectivity index is 1.53. The predicted octanol–water partition coefficient (Wildman–Crippen LogP) is 3.28. The van der Waals surface area contributed by atoms with Crippen molar-refractivity contribution < 1.29 is 9.21 Å². The number of carbonyl (C=O) groups is 1. The van der Waals surface area contributed by atoms with Crippen LogP contribution in [-0.2, 0) is 13.0 Å². The van der Waals surface area contributed by atoms with Crippen molar-refractivity contribution in [2.24, 2.45) is 0 Å². The first-order valence-electron chi connectivity index (χ1n) is 6.96. The molecule has 1 aliphatic rings. The SMILES string of the molecule is CC(CNC(=O)c1ccc(Br)o1)N1CCc2sccc2C1. The highest BCUT2D eigenvalue weighted by atomic mass is 79.9. The highest BCUT2D eigenvalue weighted by molar-refractivity contribution is 9.10. The van der Waals surface area contributed by atoms with Crippen LogP contribution in [0.25, 0.3) is 0 Å². The molecule has 1 N–H and O–H groups in total. The fraction of sp³-hybridized carbons (Fsp3) is 0.400. The lowest BCUT2D eigenvalue weighted by atomic mass is 10.1. The number of halogens is 1. The smallest absolute Gasteiger partial charge is 0.287 e. The molecule has 0 saturated heterocycles. The summed E-state index contributed by atoms with van der Waals surface area (Å²) < 4.78 is 5.82. The van der Waals surface area contributed by atoms with Crippen molar-refractivity contribution >= 4 is 33.2 Å². The van der Waals surface area contributed by atoms with Gasteiger partial charge in [-0.15, -0.1) is 11.3 Å². The Hall–Kier alpha value is -1.11. The zero-order chi connectivity index (χ0) is 14.8. The van der Waals surface area contributed by atoms with E-state index < -0.39 is 0 Å². The predicted molar refractivity (Wildman–Crippen MR) is 86.6 cm³/mol. The molecule has 4 nitrogen and oxygen atoms in total. The quantitative estimate of drug-likeness (QED) is 0.900. The molecule has 0 radical (unpaired) electrons. The molecule has 112 valence electrons. The summed E-state index contributed by atoms with van der Waals surface area (Å²) in [6.07, 6.45) is 1.11. The van der Waals surface area contributed by atoms with E-state index in [0.717, 1.165) is 19.5 Å². The number of nitrogens with zero attached hydrogens (tertiary/aromatic N) is 1. The Morgan fingerprint density at radius 3 is 3.14 bits per heavy atom. The summed E-state index contributed by atoms with van der Waals surface area (Å²) in [5, 5.41) is 5.10. The van der Waals surface area contributed by atoms with Gasteiger partial charge in [-0.2, -0.15) is 0 Å². The molecule has 0 bridgehead atoms. The largest absolute Gasteiger partial charge is 0.444 e. The third-order valence-corrected chi connectivity index (χ3v) is 5.26. The Morgan fingerprint density at radius 2 is 2.38 bits per heavy atom. The molecular weight excluding hydrogens is 352 g/mol. The minimum Gasteiger partial charge on any atom is -0.444 e. The summed E-state index contributed by atoms with van der Waals surface area (Å²) in [4.78, 5) is 15.9. The monoisotopic (exact) mass is 368 g/mol. The van der Waals surface area contributed by atoms with Gasteiger partial charge in [-0.05, 0) is 58.4 Å². The van der Waals surface area contributed by atoms with Gasteiger partial charge in [0, 0.05) is 30.6 Å². The highest BCUT2D eigenvalue weighted by Crippen LogP contribution is 2.25. The van der Waals surface area contributed by atoms with Crippen molar-refractivity contribution in [1.82, 2.24) is 10.2 Å². The van der Waals surface area contributed by atoms with Crippen LogP contribution in [0.5, 0.6) is 0 Å². The molecule has 0 saturated carbocycles. The fourth-order valence-electron chi connectivity index (χ4n) is 2.54. The summed E-state index contributed by atoms with van der Waals surface area (Å²) in [6, 6.07) is 5.90. The number of rotatable bonds is 4. The molecule has 6 heteroatoms. The van der Waals surface area contributed by atoms with Crippen LogP contribution in [-0.4, -0.2) is 29.9 Å². The second-order valence-electron chi connectivity index (χ2n) is 5.25. The summed E-state index contributed by atoms with van der Waals surface area (Å²) in [5.74, 6) is 0.175. The molecule has 1 unspecified atom stereocenters. The van der Waals surface area contributed by atoms with Crippen LogP contribution in [0.1, 0.15) is 27.9 Å². The molecule has 1 aliphatic heterocycles. The van der Waals surface area contributed by atoms with E-state index in [9.17, 15) is 4.79 Å². The zero-order valence-corrected chi connectivity index (χ0v) is 14.2. The van der Waals surface area contributed by atoms with Crippen LogP contribution in [0.3, 0.4) is 0 Å². The molecule has 3 heterocycles. The van der Waals surface area contributed by atoms with Gasteiger partial charge >= 0.3 is 0 Å². The summed E-state index contributed by atoms with van der Waals surface area (Å²) in [6.45, 7) is 4.80. The zero-order valence-electron chi connectivity index (χ0n) is 11.8. The molecule has 0 aliphatic carbocycles. The molecule has 1 amide bonds. The van der Waals surface area contributed by atoms with Crippen molar-refractivity contribution in [2.75, 3.05) is 13.1 Å². The lowest BCUT2D eigenvalue weighted by Gasteiger charge is -2.32. The normalized spacial score (nSPS) is 16.5. The topological polar surface area (TPSA) is 45.5 Å². The lowest BCUT2D eigenvalue weighted by molar-refractivity contribution is 0.0904. The molecule has 2 aromatic heterocycles. The molecule has 3 rings (SSSR count). The molecule has 0 aromatic carbocycles. The van der Waals surface area contributed by atoms with Gasteiger partial charge in [0.2, 0.25) is 0 Å². The first-order chi connectivity index (χ1) is 10.1. The van der Waals surface area contributed by atoms with Gasteiger partial charge in [-0.1, -0.05) is 0 Å². The Labute approximate surface area is 136 Å². The van der Waals surface area contributed by atoms with Gasteiger partial charge in [-0.3, -0.25) is 9.69 Å². The molecule has 0 spiro atoms. The number of hydrogen-bond acceptors (Lipinski definition) is 4. The summed E-state index contributed by atoms with van der Waals surface area (Å²) >= 11 is 5.04. The van der Waals surface area contributed by atoms with Crippen molar-refractivity contribution in [2.45, 2.75) is 25.9 Å². The number of thiophene rings is 1. The Bertz CT molecular complexity index is 637. The van der Waals surface area contributed by atoms with Crippen molar-refractivity contribution in [3.05, 3.63) is 44.4 Å². The fourth-order valence-corrected chi connectivity index (χ4v) is 3.74. The van der Waals surface area contributed by atoms with Crippen LogP contribution < -0.4 is 5.32 Å². The molecule has 21 heavy (non-hydrogen) atoms. The van der Waals surface area contributed by atoms with Crippen LogP contribution in [0.2, 0.25) is 0 Å². The van der Waals surface area contributed by atoms with E-state index in [4.69, 9.17) is 4.42 Å². The molecule has 1 atom stereocenters. The van der Waals surface area contributed by atoms with E-state index in [-0.39, 0.29) is 5.91 Å². The lowest BCUT2D eigenvalue weighted by Crippen LogP contribution is -2.44. The second kappa shape index (κ2) is 6.34. The van der Waals surface area contributed by atoms with Crippen molar-refractivity contribution in [1.29, 1.82) is 0 Å². The van der Waals surface area contributed by atoms with Crippen molar-refractivity contribution in [3.8, 4) is 0 Å². The van der Waals surface area contributed by atoms with E-state index in [1.54, 1.807) is 12.1 Å². The maximum Gasteiger partial charge on any atom is 0.287 e. The highest BCUT2D eigenvalue weighted by Gasteiger charge is 2.22. The van der Waals surface area contributed by atoms with Gasteiger partial charge in [0.1, 0.15) is 0 Å². The van der Waals surface area contributed by atoms with Crippen LogP contribution >= 0.6 is 27.3 Å². The van der Waals surface area contributed by atoms with E-state index >= 15 is 0 Å². The van der Waals surface area contributed by atoms with Gasteiger partial charge in [-0.25, -0.2) is 0 Å². The maximum atomic E-state index is 12.0. The Kier molecular flexibility index (Phi) is 4.47. The first kappa shape index (κ1) is 14.8. The number of furan rings is 1. The number of fused-ring (bicyclic) bond motifs is 1. The van der Waals surface area contributed by atoms with Gasteiger partial charge < -0.3 is 9.73 Å². The number of amides is 1. The average Bonchev–Trinajstić information content (AvgIpc) is 3.12. The van der Waals surface area contributed by atoms with E-state index in [0.29, 0.717) is 23.0 Å². The van der Waals surface area contributed by atoms with Crippen molar-refractivity contribution in [3.63, 3.8) is 0 Å². The summed E-state index contributed by atoms with van der Waals surface area (Å²) in [5.41, 5.74) is 1.43. The van der Waals surface area contributed by atoms with E-state index in [1.165, 1.54) is 10.4 Å². The molecule has 0 fully saturated rings. The van der Waals surface area contributed by atoms with Gasteiger partial charge in [0.15, 0.2) is 10.4 Å². The standard InChI is InChI=1S/C15H17BrN2O2S/c1-10(8-17-15(19)12-2-3-14(16)20-12)18-6-4-13-11(9-18)5-7-21-13/h2-3,5,7,10H,4,6,8-9H2,1H3,(H,17,19). The van der Waals surface area contributed by atoms with E-state index in [2.05, 4.69) is 44.5 Å². The Morgan fingerprint density at radius 1 is 1.52 bits per heavy atom. The first-order valence-corrected chi connectivity index (χ1v) is 8.63. The number of hydrogen-bond donors (Lipinski definition) is 1.